The number of para-hydroxylation sites is 1. The summed E-state index contributed by atoms with van der Waals surface area (Å²) in [5, 5.41) is 5.71. The van der Waals surface area contributed by atoms with Crippen LogP contribution in [0, 0.1) is 5.82 Å². The number of anilines is 4. The standard InChI is InChI=1S/C59H63FN10O5/c1-37(2)69-36-61-50-35-49(63-54(53(50)69)62-48-9-5-4-8-47(48)60)41-16-20-46-51(32-41)70(44-33-43(34-44)65-24-6-3-7-25-65)58(75)59(46)22-26-67(27-23-59)56(73)39-10-12-40(13-11-39)57(74)68-30-28-66(29-31-68)42-17-14-38(15-18-42)45-19-21-52(71)64-55(45)72/h4-5,8-18,20,32,35-37,43-45H,3,6-7,19,21-31,33-34H2,1-2H3,(H,62,63)(H,64,71,72). The summed E-state index contributed by atoms with van der Waals surface area (Å²) < 4.78 is 17.1. The number of likely N-dealkylation sites (tertiary alicyclic amines) is 2. The van der Waals surface area contributed by atoms with Crippen molar-refractivity contribution in [2.75, 3.05) is 67.5 Å². The zero-order valence-corrected chi connectivity index (χ0v) is 42.6. The number of nitrogens with zero attached hydrogens (tertiary/aromatic N) is 8. The summed E-state index contributed by atoms with van der Waals surface area (Å²) in [6.45, 7) is 9.56. The van der Waals surface area contributed by atoms with Crippen molar-refractivity contribution in [3.05, 3.63) is 131 Å². The van der Waals surface area contributed by atoms with Gasteiger partial charge in [-0.25, -0.2) is 14.4 Å². The largest absolute Gasteiger partial charge is 0.368 e. The molecule has 16 heteroatoms. The molecule has 2 aromatic heterocycles. The number of benzene rings is 4. The van der Waals surface area contributed by atoms with Crippen molar-refractivity contribution >= 4 is 63.4 Å². The van der Waals surface area contributed by atoms with Gasteiger partial charge in [-0.1, -0.05) is 42.8 Å². The Morgan fingerprint density at radius 2 is 1.44 bits per heavy atom. The van der Waals surface area contributed by atoms with Gasteiger partial charge in [-0.15, -0.1) is 0 Å². The van der Waals surface area contributed by atoms with Crippen LogP contribution in [-0.2, 0) is 19.8 Å². The lowest BCUT2D eigenvalue weighted by Gasteiger charge is -2.48. The first-order chi connectivity index (χ1) is 36.4. The molecule has 1 atom stereocenters. The van der Waals surface area contributed by atoms with Crippen LogP contribution < -0.4 is 20.4 Å². The summed E-state index contributed by atoms with van der Waals surface area (Å²) in [6.07, 6.45) is 9.15. The van der Waals surface area contributed by atoms with E-state index in [-0.39, 0.29) is 53.4 Å². The van der Waals surface area contributed by atoms with E-state index in [4.69, 9.17) is 9.97 Å². The van der Waals surface area contributed by atoms with Crippen LogP contribution in [0.4, 0.5) is 27.3 Å². The highest BCUT2D eigenvalue weighted by Gasteiger charge is 2.56. The minimum absolute atomic E-state index is 0.0592. The fourth-order valence-electron chi connectivity index (χ4n) is 12.6. The average Bonchev–Trinajstić information content (AvgIpc) is 3.96. The smallest absolute Gasteiger partial charge is 0.253 e. The number of aromatic nitrogens is 3. The van der Waals surface area contributed by atoms with Crippen molar-refractivity contribution in [1.82, 2.24) is 34.6 Å². The molecule has 7 heterocycles. The van der Waals surface area contributed by atoms with Gasteiger partial charge in [-0.05, 0) is 144 Å². The van der Waals surface area contributed by atoms with E-state index in [9.17, 15) is 19.2 Å². The Hall–Kier alpha value is -7.46. The van der Waals surface area contributed by atoms with E-state index in [0.717, 1.165) is 65.0 Å². The minimum Gasteiger partial charge on any atom is -0.368 e. The molecule has 4 aromatic carbocycles. The Morgan fingerprint density at radius 1 is 0.760 bits per heavy atom. The first-order valence-electron chi connectivity index (χ1n) is 26.9. The number of piperidine rings is 3. The first kappa shape index (κ1) is 48.5. The van der Waals surface area contributed by atoms with Crippen LogP contribution in [0.3, 0.4) is 0 Å². The molecule has 5 aliphatic heterocycles. The molecule has 1 unspecified atom stereocenters. The van der Waals surface area contributed by atoms with E-state index in [1.807, 2.05) is 50.8 Å². The minimum atomic E-state index is -0.786. The molecule has 2 N–H and O–H groups in total. The zero-order valence-electron chi connectivity index (χ0n) is 42.6. The fraction of sp³-hybridized carbons (Fsp3) is 0.407. The topological polar surface area (TPSA) is 156 Å². The third-order valence-electron chi connectivity index (χ3n) is 17.0. The second-order valence-electron chi connectivity index (χ2n) is 21.7. The Bertz CT molecular complexity index is 3200. The molecule has 1 spiro atoms. The number of hydrogen-bond acceptors (Lipinski definition) is 10. The van der Waals surface area contributed by atoms with Gasteiger partial charge in [0.25, 0.3) is 11.8 Å². The molecule has 0 bridgehead atoms. The van der Waals surface area contributed by atoms with E-state index in [2.05, 4.69) is 51.3 Å². The lowest BCUT2D eigenvalue weighted by molar-refractivity contribution is -0.134. The third kappa shape index (κ3) is 8.89. The molecule has 0 radical (unpaired) electrons. The maximum atomic E-state index is 15.3. The first-order valence-corrected chi connectivity index (χ1v) is 26.9. The number of nitrogens with one attached hydrogen (secondary N) is 2. The lowest BCUT2D eigenvalue weighted by atomic mass is 9.73. The Kier molecular flexibility index (Phi) is 12.7. The molecule has 12 rings (SSSR count). The third-order valence-corrected chi connectivity index (χ3v) is 17.0. The van der Waals surface area contributed by atoms with Gasteiger partial charge in [0.15, 0.2) is 5.82 Å². The van der Waals surface area contributed by atoms with Crippen molar-refractivity contribution in [3.8, 4) is 11.3 Å². The van der Waals surface area contributed by atoms with Gasteiger partial charge in [0, 0.05) is 91.9 Å². The van der Waals surface area contributed by atoms with Crippen LogP contribution in [-0.4, -0.2) is 123 Å². The highest BCUT2D eigenvalue weighted by molar-refractivity contribution is 6.10. The van der Waals surface area contributed by atoms with Gasteiger partial charge in [0.05, 0.1) is 34.6 Å². The maximum Gasteiger partial charge on any atom is 0.253 e. The molecule has 5 fully saturated rings. The van der Waals surface area contributed by atoms with E-state index >= 15 is 9.18 Å². The monoisotopic (exact) mass is 1010 g/mol. The molecular weight excluding hydrogens is 948 g/mol. The number of carbonyl (C=O) groups excluding carboxylic acids is 5. The molecule has 4 saturated heterocycles. The SMILES string of the molecule is CC(C)n1cnc2cc(-c3ccc4c(c3)N(C3CC(N5CCCCC5)C3)C(=O)C43CCN(C(=O)c4ccc(C(=O)N5CCN(c6ccc(C7CCC(=O)NC7=O)cc6)CC5)cc4)CC3)nc(Nc3ccccc3F)c21. The second-order valence-corrected chi connectivity index (χ2v) is 21.7. The van der Waals surface area contributed by atoms with Crippen molar-refractivity contribution in [2.45, 2.75) is 101 Å². The molecule has 1 saturated carbocycles. The molecular formula is C59H63FN10O5. The number of amides is 5. The van der Waals surface area contributed by atoms with Crippen molar-refractivity contribution in [1.29, 1.82) is 0 Å². The van der Waals surface area contributed by atoms with E-state index < -0.39 is 5.41 Å². The van der Waals surface area contributed by atoms with E-state index in [0.29, 0.717) is 99.3 Å². The number of carbonyl (C=O) groups is 5. The number of imidazole rings is 1. The van der Waals surface area contributed by atoms with E-state index in [1.54, 1.807) is 48.8 Å². The van der Waals surface area contributed by atoms with Crippen molar-refractivity contribution in [3.63, 3.8) is 0 Å². The normalized spacial score (nSPS) is 21.9. The second kappa shape index (κ2) is 19.7. The number of piperazine rings is 1. The van der Waals surface area contributed by atoms with Gasteiger partial charge < -0.3 is 34.4 Å². The van der Waals surface area contributed by atoms with Gasteiger partial charge in [0.1, 0.15) is 11.3 Å². The van der Waals surface area contributed by atoms with Crippen LogP contribution in [0.25, 0.3) is 22.3 Å². The summed E-state index contributed by atoms with van der Waals surface area (Å²) in [6, 6.07) is 30.3. The van der Waals surface area contributed by atoms with Gasteiger partial charge in [-0.2, -0.15) is 0 Å². The quantitative estimate of drug-likeness (QED) is 0.128. The predicted octanol–water partition coefficient (Wildman–Crippen LogP) is 8.58. The predicted molar refractivity (Wildman–Crippen MR) is 286 cm³/mol. The zero-order chi connectivity index (χ0) is 51.5. The van der Waals surface area contributed by atoms with Crippen molar-refractivity contribution in [2.24, 2.45) is 0 Å². The summed E-state index contributed by atoms with van der Waals surface area (Å²) in [5.74, 6) is -0.799. The molecule has 386 valence electrons. The number of pyridine rings is 1. The molecule has 15 nitrogen and oxygen atoms in total. The van der Waals surface area contributed by atoms with Crippen LogP contribution in [0.2, 0.25) is 0 Å². The maximum absolute atomic E-state index is 15.3. The molecule has 1 aliphatic carbocycles. The highest BCUT2D eigenvalue weighted by Crippen LogP contribution is 2.52. The average molecular weight is 1010 g/mol. The number of fused-ring (bicyclic) bond motifs is 3. The lowest BCUT2D eigenvalue weighted by Crippen LogP contribution is -2.58. The summed E-state index contributed by atoms with van der Waals surface area (Å²) in [7, 11) is 0. The Balaban J connectivity index is 0.742. The van der Waals surface area contributed by atoms with E-state index in [1.165, 1.54) is 25.3 Å². The number of rotatable bonds is 10. The molecule has 5 amide bonds. The Labute approximate surface area is 436 Å². The molecule has 6 aromatic rings. The number of halogens is 1. The number of imide groups is 1. The van der Waals surface area contributed by atoms with Crippen molar-refractivity contribution < 1.29 is 28.4 Å². The summed E-state index contributed by atoms with van der Waals surface area (Å²) in [5.41, 5.74) is 7.35. The van der Waals surface area contributed by atoms with Gasteiger partial charge in [0.2, 0.25) is 17.7 Å². The summed E-state index contributed by atoms with van der Waals surface area (Å²) in [4.78, 5) is 87.7. The fourth-order valence-corrected chi connectivity index (χ4v) is 12.6. The summed E-state index contributed by atoms with van der Waals surface area (Å²) >= 11 is 0. The number of hydrogen-bond donors (Lipinski definition) is 2. The van der Waals surface area contributed by atoms with Crippen LogP contribution in [0.5, 0.6) is 0 Å². The van der Waals surface area contributed by atoms with Crippen LogP contribution >= 0.6 is 0 Å². The van der Waals surface area contributed by atoms with Gasteiger partial charge >= 0.3 is 0 Å². The molecule has 6 aliphatic rings. The highest BCUT2D eigenvalue weighted by atomic mass is 19.1. The van der Waals surface area contributed by atoms with Crippen LogP contribution in [0.1, 0.15) is 115 Å². The van der Waals surface area contributed by atoms with Gasteiger partial charge in [-0.3, -0.25) is 29.3 Å². The van der Waals surface area contributed by atoms with Crippen LogP contribution in [0.15, 0.2) is 103 Å². The Morgan fingerprint density at radius 3 is 2.11 bits per heavy atom. The molecule has 75 heavy (non-hydrogen) atoms.